The summed E-state index contributed by atoms with van der Waals surface area (Å²) in [6.07, 6.45) is -0.767. The van der Waals surface area contributed by atoms with Gasteiger partial charge in [-0.2, -0.15) is 0 Å². The third-order valence-electron chi connectivity index (χ3n) is 2.43. The first-order valence-corrected chi connectivity index (χ1v) is 5.46. The third-order valence-corrected chi connectivity index (χ3v) is 2.72. The van der Waals surface area contributed by atoms with Gasteiger partial charge in [0, 0.05) is 17.7 Å². The van der Waals surface area contributed by atoms with Gasteiger partial charge in [0.25, 0.3) is 5.69 Å². The van der Waals surface area contributed by atoms with Crippen molar-refractivity contribution in [1.82, 2.24) is 0 Å². The van der Waals surface area contributed by atoms with Crippen molar-refractivity contribution < 1.29 is 19.5 Å². The molecule has 0 radical (unpaired) electrons. The SMILES string of the molecule is O=[N+]([O-])c1cc(CCl)c(O)c(C2OCCO2)c1. The Morgan fingerprint density at radius 3 is 2.65 bits per heavy atom. The van der Waals surface area contributed by atoms with Crippen molar-refractivity contribution in [1.29, 1.82) is 0 Å². The van der Waals surface area contributed by atoms with Crippen molar-refractivity contribution in [2.45, 2.75) is 12.2 Å². The van der Waals surface area contributed by atoms with Gasteiger partial charge in [-0.25, -0.2) is 0 Å². The highest BCUT2D eigenvalue weighted by molar-refractivity contribution is 6.17. The molecule has 0 spiro atoms. The maximum absolute atomic E-state index is 10.7. The van der Waals surface area contributed by atoms with Gasteiger partial charge < -0.3 is 14.6 Å². The molecule has 0 aromatic heterocycles. The number of aromatic hydroxyl groups is 1. The minimum Gasteiger partial charge on any atom is -0.507 e. The second kappa shape index (κ2) is 4.87. The van der Waals surface area contributed by atoms with Crippen molar-refractivity contribution >= 4 is 17.3 Å². The molecule has 0 saturated carbocycles. The second-order valence-electron chi connectivity index (χ2n) is 3.51. The summed E-state index contributed by atoms with van der Waals surface area (Å²) < 4.78 is 10.4. The number of alkyl halides is 1. The van der Waals surface area contributed by atoms with Gasteiger partial charge in [-0.05, 0) is 0 Å². The average molecular weight is 260 g/mol. The average Bonchev–Trinajstić information content (AvgIpc) is 2.82. The first-order valence-electron chi connectivity index (χ1n) is 4.93. The number of nitro groups is 1. The fraction of sp³-hybridized carbons (Fsp3) is 0.400. The Bertz CT molecular complexity index is 445. The molecule has 0 bridgehead atoms. The van der Waals surface area contributed by atoms with Crippen molar-refractivity contribution in [3.05, 3.63) is 33.4 Å². The van der Waals surface area contributed by atoms with Crippen LogP contribution in [0.2, 0.25) is 0 Å². The number of hydrogen-bond acceptors (Lipinski definition) is 5. The van der Waals surface area contributed by atoms with Crippen LogP contribution in [0.1, 0.15) is 17.4 Å². The number of rotatable bonds is 3. The largest absolute Gasteiger partial charge is 0.507 e. The van der Waals surface area contributed by atoms with Crippen LogP contribution in [0.25, 0.3) is 0 Å². The van der Waals surface area contributed by atoms with Gasteiger partial charge in [0.1, 0.15) is 5.75 Å². The Morgan fingerprint density at radius 2 is 2.12 bits per heavy atom. The third kappa shape index (κ3) is 2.33. The maximum atomic E-state index is 10.7. The number of phenolic OH excluding ortho intramolecular Hbond substituents is 1. The molecule has 0 atom stereocenters. The lowest BCUT2D eigenvalue weighted by Gasteiger charge is -2.13. The molecule has 1 N–H and O–H groups in total. The van der Waals surface area contributed by atoms with E-state index in [4.69, 9.17) is 21.1 Å². The van der Waals surface area contributed by atoms with Crippen LogP contribution in [0, 0.1) is 10.1 Å². The van der Waals surface area contributed by atoms with E-state index in [1.807, 2.05) is 0 Å². The molecule has 1 saturated heterocycles. The highest BCUT2D eigenvalue weighted by atomic mass is 35.5. The second-order valence-corrected chi connectivity index (χ2v) is 3.77. The van der Waals surface area contributed by atoms with E-state index in [1.165, 1.54) is 12.1 Å². The first-order chi connectivity index (χ1) is 8.13. The molecule has 7 heteroatoms. The van der Waals surface area contributed by atoms with Crippen molar-refractivity contribution in [2.24, 2.45) is 0 Å². The van der Waals surface area contributed by atoms with Crippen molar-refractivity contribution in [2.75, 3.05) is 13.2 Å². The van der Waals surface area contributed by atoms with Crippen LogP contribution >= 0.6 is 11.6 Å². The minimum absolute atomic E-state index is 0.0206. The van der Waals surface area contributed by atoms with E-state index in [-0.39, 0.29) is 28.4 Å². The van der Waals surface area contributed by atoms with Crippen LogP contribution < -0.4 is 0 Å². The lowest BCUT2D eigenvalue weighted by atomic mass is 10.1. The molecule has 2 rings (SSSR count). The Labute approximate surface area is 102 Å². The summed E-state index contributed by atoms with van der Waals surface area (Å²) >= 11 is 5.62. The fourth-order valence-electron chi connectivity index (χ4n) is 1.63. The Hall–Kier alpha value is -1.37. The van der Waals surface area contributed by atoms with Crippen molar-refractivity contribution in [3.8, 4) is 5.75 Å². The summed E-state index contributed by atoms with van der Waals surface area (Å²) in [6.45, 7) is 0.784. The highest BCUT2D eigenvalue weighted by Gasteiger charge is 2.26. The molecule has 0 amide bonds. The van der Waals surface area contributed by atoms with E-state index in [9.17, 15) is 15.2 Å². The van der Waals surface area contributed by atoms with Gasteiger partial charge in [0.15, 0.2) is 6.29 Å². The quantitative estimate of drug-likeness (QED) is 0.511. The van der Waals surface area contributed by atoms with Gasteiger partial charge in [0.05, 0.1) is 29.6 Å². The lowest BCUT2D eigenvalue weighted by Crippen LogP contribution is -2.02. The number of benzene rings is 1. The van der Waals surface area contributed by atoms with Crippen LogP contribution in [0.3, 0.4) is 0 Å². The Morgan fingerprint density at radius 1 is 1.47 bits per heavy atom. The predicted molar refractivity (Wildman–Crippen MR) is 59.0 cm³/mol. The van der Waals surface area contributed by atoms with E-state index >= 15 is 0 Å². The number of nitrogens with zero attached hydrogens (tertiary/aromatic N) is 1. The summed E-state index contributed by atoms with van der Waals surface area (Å²) in [7, 11) is 0. The predicted octanol–water partition coefficient (Wildman–Crippen LogP) is 2.08. The van der Waals surface area contributed by atoms with E-state index in [0.29, 0.717) is 13.2 Å². The molecule has 1 aliphatic rings. The number of halogens is 1. The van der Waals surface area contributed by atoms with Gasteiger partial charge in [-0.1, -0.05) is 0 Å². The topological polar surface area (TPSA) is 81.8 Å². The van der Waals surface area contributed by atoms with Crippen LogP contribution in [-0.4, -0.2) is 23.2 Å². The molecule has 17 heavy (non-hydrogen) atoms. The van der Waals surface area contributed by atoms with Crippen LogP contribution in [0.5, 0.6) is 5.75 Å². The summed E-state index contributed by atoms with van der Waals surface area (Å²) in [5.74, 6) is -0.134. The van der Waals surface area contributed by atoms with Gasteiger partial charge in [-0.3, -0.25) is 10.1 Å². The molecule has 0 aliphatic carbocycles. The summed E-state index contributed by atoms with van der Waals surface area (Å²) in [5, 5.41) is 20.6. The fourth-order valence-corrected chi connectivity index (χ4v) is 1.83. The number of phenols is 1. The zero-order valence-corrected chi connectivity index (χ0v) is 9.51. The highest BCUT2D eigenvalue weighted by Crippen LogP contribution is 2.36. The van der Waals surface area contributed by atoms with Gasteiger partial charge >= 0.3 is 0 Å². The zero-order valence-electron chi connectivity index (χ0n) is 8.76. The first kappa shape index (κ1) is 12.1. The molecular weight excluding hydrogens is 250 g/mol. The molecule has 6 nitrogen and oxygen atoms in total. The van der Waals surface area contributed by atoms with Crippen molar-refractivity contribution in [3.63, 3.8) is 0 Å². The zero-order chi connectivity index (χ0) is 12.4. The molecule has 0 unspecified atom stereocenters. The van der Waals surface area contributed by atoms with Crippen LogP contribution in [-0.2, 0) is 15.4 Å². The maximum Gasteiger partial charge on any atom is 0.270 e. The number of hydrogen-bond donors (Lipinski definition) is 1. The summed E-state index contributed by atoms with van der Waals surface area (Å²) in [6, 6.07) is 2.47. The van der Waals surface area contributed by atoms with Gasteiger partial charge in [0.2, 0.25) is 0 Å². The standard InChI is InChI=1S/C10H10ClNO5/c11-5-6-3-7(12(14)15)4-8(9(6)13)10-16-1-2-17-10/h3-4,10,13H,1-2,5H2. The Balaban J connectivity index is 2.48. The summed E-state index contributed by atoms with van der Waals surface area (Å²) in [5.41, 5.74) is 0.384. The molecule has 1 aromatic rings. The summed E-state index contributed by atoms with van der Waals surface area (Å²) in [4.78, 5) is 10.2. The molecule has 1 aliphatic heterocycles. The van der Waals surface area contributed by atoms with E-state index < -0.39 is 11.2 Å². The van der Waals surface area contributed by atoms with E-state index in [2.05, 4.69) is 0 Å². The lowest BCUT2D eigenvalue weighted by molar-refractivity contribution is -0.385. The van der Waals surface area contributed by atoms with Crippen LogP contribution in [0.15, 0.2) is 12.1 Å². The molecule has 1 fully saturated rings. The molecular formula is C10H10ClNO5. The van der Waals surface area contributed by atoms with Crippen LogP contribution in [0.4, 0.5) is 5.69 Å². The number of non-ortho nitro benzene ring substituents is 1. The normalized spacial score (nSPS) is 16.3. The van der Waals surface area contributed by atoms with E-state index in [0.717, 1.165) is 0 Å². The number of ether oxygens (including phenoxy) is 2. The van der Waals surface area contributed by atoms with E-state index in [1.54, 1.807) is 0 Å². The number of nitro benzene ring substituents is 1. The monoisotopic (exact) mass is 259 g/mol. The smallest absolute Gasteiger partial charge is 0.270 e. The minimum atomic E-state index is -0.767. The molecule has 1 aromatic carbocycles. The van der Waals surface area contributed by atoms with Gasteiger partial charge in [-0.15, -0.1) is 11.6 Å². The molecule has 92 valence electrons. The molecule has 1 heterocycles. The Kier molecular flexibility index (Phi) is 3.46.